The van der Waals surface area contributed by atoms with E-state index in [9.17, 15) is 19.5 Å². The van der Waals surface area contributed by atoms with Crippen molar-refractivity contribution < 1.29 is 19.5 Å². The summed E-state index contributed by atoms with van der Waals surface area (Å²) >= 11 is 1.38. The van der Waals surface area contributed by atoms with Crippen LogP contribution < -0.4 is 10.6 Å². The van der Waals surface area contributed by atoms with Crippen molar-refractivity contribution in [1.82, 2.24) is 4.98 Å². The number of hydrogen-bond donors (Lipinski definition) is 3. The fourth-order valence-corrected chi connectivity index (χ4v) is 3.49. The van der Waals surface area contributed by atoms with E-state index in [-0.39, 0.29) is 22.3 Å². The van der Waals surface area contributed by atoms with Crippen molar-refractivity contribution in [2.24, 2.45) is 0 Å². The van der Waals surface area contributed by atoms with Crippen molar-refractivity contribution >= 4 is 40.9 Å². The molecule has 0 radical (unpaired) electrons. The van der Waals surface area contributed by atoms with Crippen molar-refractivity contribution in [2.75, 3.05) is 10.6 Å². The van der Waals surface area contributed by atoms with Crippen LogP contribution in [0.1, 0.15) is 27.6 Å². The van der Waals surface area contributed by atoms with Crippen molar-refractivity contribution in [3.63, 3.8) is 0 Å². The molecular weight excluding hydrogens is 402 g/mol. The Morgan fingerprint density at radius 1 is 0.867 bits per heavy atom. The Balaban J connectivity index is 1.60. The number of carbonyl (C=O) groups is 3. The zero-order valence-electron chi connectivity index (χ0n) is 16.0. The Kier molecular flexibility index (Phi) is 6.82. The van der Waals surface area contributed by atoms with Crippen LogP contribution in [0, 0.1) is 0 Å². The number of hydrogen-bond acceptors (Lipinski definition) is 5. The minimum Gasteiger partial charge on any atom is -0.478 e. The summed E-state index contributed by atoms with van der Waals surface area (Å²) in [6.07, 6.45) is 3.21. The number of carboxylic acids is 1. The Labute approximate surface area is 177 Å². The van der Waals surface area contributed by atoms with Gasteiger partial charge in [0.1, 0.15) is 0 Å². The maximum absolute atomic E-state index is 12.4. The van der Waals surface area contributed by atoms with Gasteiger partial charge in [-0.25, -0.2) is 4.79 Å². The molecule has 1 atom stereocenters. The molecule has 0 fully saturated rings. The smallest absolute Gasteiger partial charge is 0.336 e. The van der Waals surface area contributed by atoms with Crippen LogP contribution >= 0.6 is 11.8 Å². The molecule has 0 aliphatic heterocycles. The molecule has 2 aromatic carbocycles. The highest BCUT2D eigenvalue weighted by atomic mass is 32.2. The number of aromatic carboxylic acids is 1. The summed E-state index contributed by atoms with van der Waals surface area (Å²) in [4.78, 5) is 40.8. The molecule has 3 aromatic rings. The highest BCUT2D eigenvalue weighted by molar-refractivity contribution is 8.00. The van der Waals surface area contributed by atoms with Gasteiger partial charge in [-0.1, -0.05) is 12.1 Å². The minimum atomic E-state index is -1.16. The molecule has 3 rings (SSSR count). The fourth-order valence-electron chi connectivity index (χ4n) is 2.62. The lowest BCUT2D eigenvalue weighted by Gasteiger charge is -2.12. The van der Waals surface area contributed by atoms with Gasteiger partial charge in [-0.05, 0) is 55.5 Å². The van der Waals surface area contributed by atoms with Crippen molar-refractivity contribution in [1.29, 1.82) is 0 Å². The first kappa shape index (κ1) is 21.1. The van der Waals surface area contributed by atoms with Crippen LogP contribution in [0.5, 0.6) is 0 Å². The summed E-state index contributed by atoms with van der Waals surface area (Å²) in [6, 6.07) is 16.5. The summed E-state index contributed by atoms with van der Waals surface area (Å²) in [7, 11) is 0. The van der Waals surface area contributed by atoms with Gasteiger partial charge in [0.25, 0.3) is 5.91 Å². The third-order valence-corrected chi connectivity index (χ3v) is 5.26. The van der Waals surface area contributed by atoms with Crippen LogP contribution in [0.4, 0.5) is 11.4 Å². The molecule has 152 valence electrons. The number of benzene rings is 2. The van der Waals surface area contributed by atoms with Crippen LogP contribution in [0.15, 0.2) is 78.0 Å². The first-order valence-electron chi connectivity index (χ1n) is 9.05. The third kappa shape index (κ3) is 5.45. The zero-order valence-corrected chi connectivity index (χ0v) is 16.8. The van der Waals surface area contributed by atoms with Crippen LogP contribution in [0.3, 0.4) is 0 Å². The van der Waals surface area contributed by atoms with E-state index < -0.39 is 11.9 Å². The van der Waals surface area contributed by atoms with Gasteiger partial charge in [-0.2, -0.15) is 0 Å². The highest BCUT2D eigenvalue weighted by Crippen LogP contribution is 2.26. The van der Waals surface area contributed by atoms with Gasteiger partial charge in [-0.15, -0.1) is 11.8 Å². The SMILES string of the molecule is CC(Sc1ccc(NC(=O)c2ccccc2C(=O)O)cc1)C(=O)Nc1ccncc1. The summed E-state index contributed by atoms with van der Waals surface area (Å²) < 4.78 is 0. The second-order valence-electron chi connectivity index (χ2n) is 6.31. The van der Waals surface area contributed by atoms with Gasteiger partial charge in [0.15, 0.2) is 0 Å². The lowest BCUT2D eigenvalue weighted by molar-refractivity contribution is -0.115. The van der Waals surface area contributed by atoms with E-state index in [1.807, 2.05) is 0 Å². The molecule has 7 nitrogen and oxygen atoms in total. The topological polar surface area (TPSA) is 108 Å². The summed E-state index contributed by atoms with van der Waals surface area (Å²) in [5.41, 5.74) is 1.24. The van der Waals surface area contributed by atoms with E-state index >= 15 is 0 Å². The molecular formula is C22H19N3O4S. The van der Waals surface area contributed by atoms with Crippen LogP contribution in [0.2, 0.25) is 0 Å². The monoisotopic (exact) mass is 421 g/mol. The predicted octanol–water partition coefficient (Wildman–Crippen LogP) is 4.15. The Morgan fingerprint density at radius 2 is 1.47 bits per heavy atom. The number of thioether (sulfide) groups is 1. The number of rotatable bonds is 7. The van der Waals surface area contributed by atoms with Crippen LogP contribution in [-0.4, -0.2) is 33.1 Å². The third-order valence-electron chi connectivity index (χ3n) is 4.14. The minimum absolute atomic E-state index is 0.0591. The van der Waals surface area contributed by atoms with Crippen LogP contribution in [-0.2, 0) is 4.79 Å². The van der Waals surface area contributed by atoms with Crippen molar-refractivity contribution in [3.8, 4) is 0 Å². The van der Waals surface area contributed by atoms with E-state index in [2.05, 4.69) is 15.6 Å². The van der Waals surface area contributed by atoms with Gasteiger partial charge in [0, 0.05) is 28.7 Å². The van der Waals surface area contributed by atoms with E-state index in [1.54, 1.807) is 67.8 Å². The van der Waals surface area contributed by atoms with Gasteiger partial charge in [-0.3, -0.25) is 14.6 Å². The first-order valence-corrected chi connectivity index (χ1v) is 9.93. The fraction of sp³-hybridized carbons (Fsp3) is 0.0909. The molecule has 1 heterocycles. The summed E-state index contributed by atoms with van der Waals surface area (Å²) in [5.74, 6) is -1.79. The summed E-state index contributed by atoms with van der Waals surface area (Å²) in [5, 5.41) is 14.4. The molecule has 0 aliphatic carbocycles. The molecule has 0 saturated carbocycles. The van der Waals surface area contributed by atoms with E-state index in [1.165, 1.54) is 23.9 Å². The average Bonchev–Trinajstić information content (AvgIpc) is 2.75. The lowest BCUT2D eigenvalue weighted by atomic mass is 10.1. The Bertz CT molecular complexity index is 1060. The number of aromatic nitrogens is 1. The Morgan fingerprint density at radius 3 is 2.10 bits per heavy atom. The first-order chi connectivity index (χ1) is 14.4. The summed E-state index contributed by atoms with van der Waals surface area (Å²) in [6.45, 7) is 1.81. The number of anilines is 2. The molecule has 3 N–H and O–H groups in total. The number of pyridine rings is 1. The van der Waals surface area contributed by atoms with E-state index in [0.717, 1.165) is 4.90 Å². The number of carboxylic acid groups (broad SMARTS) is 1. The van der Waals surface area contributed by atoms with E-state index in [0.29, 0.717) is 11.4 Å². The van der Waals surface area contributed by atoms with Crippen molar-refractivity contribution in [3.05, 3.63) is 84.2 Å². The second kappa shape index (κ2) is 9.71. The lowest BCUT2D eigenvalue weighted by Crippen LogP contribution is -2.22. The zero-order chi connectivity index (χ0) is 21.5. The van der Waals surface area contributed by atoms with E-state index in [4.69, 9.17) is 0 Å². The van der Waals surface area contributed by atoms with Gasteiger partial charge < -0.3 is 15.7 Å². The largest absolute Gasteiger partial charge is 0.478 e. The molecule has 0 aliphatic rings. The van der Waals surface area contributed by atoms with Crippen molar-refractivity contribution in [2.45, 2.75) is 17.1 Å². The van der Waals surface area contributed by atoms with Gasteiger partial charge >= 0.3 is 5.97 Å². The number of carbonyl (C=O) groups excluding carboxylic acids is 2. The molecule has 1 aromatic heterocycles. The molecule has 0 bridgehead atoms. The molecule has 0 spiro atoms. The van der Waals surface area contributed by atoms with Gasteiger partial charge in [0.2, 0.25) is 5.91 Å². The average molecular weight is 421 g/mol. The molecule has 30 heavy (non-hydrogen) atoms. The maximum atomic E-state index is 12.4. The second-order valence-corrected chi connectivity index (χ2v) is 7.73. The molecule has 0 saturated heterocycles. The molecule has 8 heteroatoms. The predicted molar refractivity (Wildman–Crippen MR) is 116 cm³/mol. The van der Waals surface area contributed by atoms with Gasteiger partial charge in [0.05, 0.1) is 16.4 Å². The normalized spacial score (nSPS) is 11.4. The number of nitrogens with zero attached hydrogens (tertiary/aromatic N) is 1. The quantitative estimate of drug-likeness (QED) is 0.495. The standard InChI is InChI=1S/C22H19N3O4S/c1-14(20(26)24-16-10-12-23-13-11-16)30-17-8-6-15(7-9-17)25-21(27)18-4-2-3-5-19(18)22(28)29/h2-14H,1H3,(H,25,27)(H,28,29)(H,23,24,26). The van der Waals surface area contributed by atoms with Crippen LogP contribution in [0.25, 0.3) is 0 Å². The maximum Gasteiger partial charge on any atom is 0.336 e. The number of nitrogens with one attached hydrogen (secondary N) is 2. The number of amides is 2. The molecule has 2 amide bonds. The molecule has 1 unspecified atom stereocenters. The Hall–Kier alpha value is -3.65. The highest BCUT2D eigenvalue weighted by Gasteiger charge is 2.17.